The predicted octanol–water partition coefficient (Wildman–Crippen LogP) is 5.74. The number of nitrogens with zero attached hydrogens (tertiary/aromatic N) is 1. The fourth-order valence-corrected chi connectivity index (χ4v) is 4.52. The number of benzene rings is 2. The second kappa shape index (κ2) is 9.43. The first-order chi connectivity index (χ1) is 14.7. The lowest BCUT2D eigenvalue weighted by Gasteiger charge is -2.37. The summed E-state index contributed by atoms with van der Waals surface area (Å²) in [6.45, 7) is 5.34. The molecule has 0 saturated heterocycles. The average Bonchev–Trinajstić information content (AvgIpc) is 2.76. The molecule has 1 aliphatic carbocycles. The van der Waals surface area contributed by atoms with Crippen molar-refractivity contribution in [2.45, 2.75) is 39.2 Å². The Hall–Kier alpha value is -2.66. The minimum absolute atomic E-state index is 0.143. The summed E-state index contributed by atoms with van der Waals surface area (Å²) in [5, 5.41) is 4.02. The summed E-state index contributed by atoms with van der Waals surface area (Å²) in [5.41, 5.74) is 4.81. The van der Waals surface area contributed by atoms with Crippen molar-refractivity contribution in [2.24, 2.45) is 10.9 Å². The number of aliphatic imine (C=N–C) groups is 1. The highest BCUT2D eigenvalue weighted by atomic mass is 32.1. The van der Waals surface area contributed by atoms with E-state index in [1.165, 1.54) is 16.7 Å². The van der Waals surface area contributed by atoms with Crippen molar-refractivity contribution in [3.63, 3.8) is 0 Å². The Balaban J connectivity index is 1.60. The Morgan fingerprint density at radius 2 is 1.63 bits per heavy atom. The van der Waals surface area contributed by atoms with Crippen molar-refractivity contribution in [1.29, 1.82) is 0 Å². The summed E-state index contributed by atoms with van der Waals surface area (Å²) in [4.78, 5) is 4.77. The van der Waals surface area contributed by atoms with Gasteiger partial charge in [0.25, 0.3) is 0 Å². The molecule has 1 fully saturated rings. The molecule has 2 atom stereocenters. The van der Waals surface area contributed by atoms with Crippen LogP contribution in [0.2, 0.25) is 0 Å². The quantitative estimate of drug-likeness (QED) is 0.605. The Bertz CT molecular complexity index is 948. The largest absolute Gasteiger partial charge is 0.494 e. The van der Waals surface area contributed by atoms with Crippen molar-refractivity contribution in [2.75, 3.05) is 13.2 Å². The molecule has 156 valence electrons. The van der Waals surface area contributed by atoms with Gasteiger partial charge >= 0.3 is 0 Å². The predicted molar refractivity (Wildman–Crippen MR) is 126 cm³/mol. The van der Waals surface area contributed by atoms with Crippen LogP contribution in [0, 0.1) is 5.92 Å². The van der Waals surface area contributed by atoms with Crippen molar-refractivity contribution >= 4 is 29.1 Å². The number of ether oxygens (including phenoxy) is 2. The summed E-state index contributed by atoms with van der Waals surface area (Å²) in [6.07, 6.45) is 5.53. The van der Waals surface area contributed by atoms with E-state index in [2.05, 4.69) is 35.7 Å². The monoisotopic (exact) mass is 420 g/mol. The molecule has 1 heterocycles. The van der Waals surface area contributed by atoms with Crippen molar-refractivity contribution < 1.29 is 9.47 Å². The summed E-state index contributed by atoms with van der Waals surface area (Å²) in [7, 11) is 0. The van der Waals surface area contributed by atoms with Crippen LogP contribution in [-0.2, 0) is 0 Å². The highest BCUT2D eigenvalue weighted by Crippen LogP contribution is 2.38. The Labute approximate surface area is 184 Å². The van der Waals surface area contributed by atoms with E-state index in [0.29, 0.717) is 24.2 Å². The van der Waals surface area contributed by atoms with Gasteiger partial charge in [-0.15, -0.1) is 0 Å². The van der Waals surface area contributed by atoms with Gasteiger partial charge in [-0.25, -0.2) is 4.99 Å². The number of thiocarbonyl (C=S) groups is 1. The maximum Gasteiger partial charge on any atom is 0.193 e. The second-order valence-electron chi connectivity index (χ2n) is 7.60. The molecule has 4 rings (SSSR count). The number of hydrogen-bond donors (Lipinski definition) is 1. The van der Waals surface area contributed by atoms with Gasteiger partial charge < -0.3 is 14.8 Å². The van der Waals surface area contributed by atoms with E-state index in [1.807, 2.05) is 38.1 Å². The maximum absolute atomic E-state index is 5.60. The van der Waals surface area contributed by atoms with Crippen LogP contribution in [-0.4, -0.2) is 24.0 Å². The van der Waals surface area contributed by atoms with E-state index < -0.39 is 0 Å². The standard InChI is InChI=1S/C25H28N2O2S/c1-3-28-20-12-8-17(9-13-20)16-19-6-5-7-22-23(26-25(30)27-24(19)22)18-10-14-21(15-11-18)29-4-2/h8-16,22-23H,3-7H2,1-2H3,(H,26,30). The Morgan fingerprint density at radius 3 is 2.27 bits per heavy atom. The minimum atomic E-state index is 0.143. The molecule has 4 nitrogen and oxygen atoms in total. The molecule has 0 amide bonds. The molecule has 0 bridgehead atoms. The first kappa shape index (κ1) is 20.6. The van der Waals surface area contributed by atoms with Gasteiger partial charge in [0.15, 0.2) is 5.11 Å². The van der Waals surface area contributed by atoms with Gasteiger partial charge in [-0.05, 0) is 92.4 Å². The minimum Gasteiger partial charge on any atom is -0.494 e. The van der Waals surface area contributed by atoms with E-state index in [4.69, 9.17) is 26.7 Å². The van der Waals surface area contributed by atoms with Crippen LogP contribution in [0.4, 0.5) is 0 Å². The van der Waals surface area contributed by atoms with E-state index in [-0.39, 0.29) is 6.04 Å². The van der Waals surface area contributed by atoms with Crippen LogP contribution in [0.5, 0.6) is 11.5 Å². The molecule has 1 aliphatic heterocycles. The third-order valence-corrected chi connectivity index (χ3v) is 5.84. The highest BCUT2D eigenvalue weighted by Gasteiger charge is 2.36. The normalized spacial score (nSPS) is 22.1. The topological polar surface area (TPSA) is 42.8 Å². The number of fused-ring (bicyclic) bond motifs is 1. The van der Waals surface area contributed by atoms with Crippen LogP contribution in [0.3, 0.4) is 0 Å². The maximum atomic E-state index is 5.60. The summed E-state index contributed by atoms with van der Waals surface area (Å²) in [6, 6.07) is 16.7. The van der Waals surface area contributed by atoms with Gasteiger partial charge in [-0.2, -0.15) is 0 Å². The zero-order chi connectivity index (χ0) is 20.9. The Morgan fingerprint density at radius 1 is 1.00 bits per heavy atom. The molecule has 2 aromatic carbocycles. The van der Waals surface area contributed by atoms with Crippen LogP contribution in [0.15, 0.2) is 59.1 Å². The smallest absolute Gasteiger partial charge is 0.193 e. The average molecular weight is 421 g/mol. The lowest BCUT2D eigenvalue weighted by atomic mass is 9.76. The first-order valence-corrected chi connectivity index (χ1v) is 11.1. The van der Waals surface area contributed by atoms with Crippen molar-refractivity contribution in [1.82, 2.24) is 5.32 Å². The summed E-state index contributed by atoms with van der Waals surface area (Å²) >= 11 is 5.52. The van der Waals surface area contributed by atoms with E-state index >= 15 is 0 Å². The van der Waals surface area contributed by atoms with Gasteiger partial charge in [-0.3, -0.25) is 0 Å². The Kier molecular flexibility index (Phi) is 6.48. The SMILES string of the molecule is CCOc1ccc(C=C2CCCC3C2=NC(=S)NC3c2ccc(OCC)cc2)cc1. The number of rotatable bonds is 6. The van der Waals surface area contributed by atoms with Crippen LogP contribution in [0.1, 0.15) is 50.3 Å². The number of allylic oxidation sites excluding steroid dienone is 1. The lowest BCUT2D eigenvalue weighted by Crippen LogP contribution is -2.42. The molecular formula is C25H28N2O2S. The molecule has 1 N–H and O–H groups in total. The van der Waals surface area contributed by atoms with E-state index in [0.717, 1.165) is 36.5 Å². The van der Waals surface area contributed by atoms with E-state index in [9.17, 15) is 0 Å². The first-order valence-electron chi connectivity index (χ1n) is 10.7. The molecule has 0 radical (unpaired) electrons. The summed E-state index contributed by atoms with van der Waals surface area (Å²) < 4.78 is 11.2. The van der Waals surface area contributed by atoms with Gasteiger partial charge in [-0.1, -0.05) is 24.3 Å². The van der Waals surface area contributed by atoms with Crippen molar-refractivity contribution in [3.8, 4) is 11.5 Å². The summed E-state index contributed by atoms with van der Waals surface area (Å²) in [5.74, 6) is 2.11. The third kappa shape index (κ3) is 4.57. The van der Waals surface area contributed by atoms with Crippen molar-refractivity contribution in [3.05, 3.63) is 65.2 Å². The molecule has 30 heavy (non-hydrogen) atoms. The third-order valence-electron chi connectivity index (χ3n) is 5.63. The number of hydrogen-bond acceptors (Lipinski definition) is 3. The number of nitrogens with one attached hydrogen (secondary N) is 1. The van der Waals surface area contributed by atoms with Crippen LogP contribution >= 0.6 is 12.2 Å². The molecule has 2 unspecified atom stereocenters. The second-order valence-corrected chi connectivity index (χ2v) is 7.98. The zero-order valence-corrected chi connectivity index (χ0v) is 18.4. The lowest BCUT2D eigenvalue weighted by molar-refractivity contribution is 0.340. The van der Waals surface area contributed by atoms with Crippen LogP contribution < -0.4 is 14.8 Å². The molecule has 5 heteroatoms. The highest BCUT2D eigenvalue weighted by molar-refractivity contribution is 7.80. The molecule has 0 aromatic heterocycles. The molecular weight excluding hydrogens is 392 g/mol. The molecule has 2 aromatic rings. The fourth-order valence-electron chi connectivity index (χ4n) is 4.30. The fraction of sp³-hybridized carbons (Fsp3) is 0.360. The van der Waals surface area contributed by atoms with Gasteiger partial charge in [0.05, 0.1) is 25.0 Å². The van der Waals surface area contributed by atoms with E-state index in [1.54, 1.807) is 0 Å². The molecule has 0 spiro atoms. The van der Waals surface area contributed by atoms with Crippen LogP contribution in [0.25, 0.3) is 6.08 Å². The zero-order valence-electron chi connectivity index (χ0n) is 17.6. The van der Waals surface area contributed by atoms with Gasteiger partial charge in [0.1, 0.15) is 11.5 Å². The van der Waals surface area contributed by atoms with Gasteiger partial charge in [0, 0.05) is 5.92 Å². The molecule has 1 saturated carbocycles. The van der Waals surface area contributed by atoms with Gasteiger partial charge in [0.2, 0.25) is 0 Å². The molecule has 2 aliphatic rings.